The first-order chi connectivity index (χ1) is 22.0. The number of ether oxygens (including phenoxy) is 3. The van der Waals surface area contributed by atoms with E-state index in [1.165, 1.54) is 16.7 Å². The van der Waals surface area contributed by atoms with Gasteiger partial charge in [-0.2, -0.15) is 0 Å². The average Bonchev–Trinajstić information content (AvgIpc) is 3.35. The van der Waals surface area contributed by atoms with Gasteiger partial charge in [-0.05, 0) is 80.7 Å². The van der Waals surface area contributed by atoms with E-state index in [-0.39, 0.29) is 34.7 Å². The number of hydrogen-bond acceptors (Lipinski definition) is 12. The number of anilines is 1. The van der Waals surface area contributed by atoms with Gasteiger partial charge in [-0.25, -0.2) is 14.6 Å². The number of nitrogens with zero attached hydrogens (tertiary/aromatic N) is 3. The van der Waals surface area contributed by atoms with Crippen LogP contribution in [0.15, 0.2) is 44.5 Å². The van der Waals surface area contributed by atoms with E-state index >= 15 is 0 Å². The topological polar surface area (TPSA) is 158 Å². The van der Waals surface area contributed by atoms with Crippen molar-refractivity contribution < 1.29 is 38.2 Å². The summed E-state index contributed by atoms with van der Waals surface area (Å²) in [6.07, 6.45) is -0.726. The fourth-order valence-electron chi connectivity index (χ4n) is 4.19. The SMILES string of the molecule is COc1ccc(COC(=O)C2=C(CCl)CSC3C(NC(=O)/C(=N/OC(C)(C)C)c4nc(NC(=O)OC(C)(C)C)sc4Br)C(=O)N23)cc1. The average molecular weight is 773 g/mol. The number of carbonyl (C=O) groups is 4. The van der Waals surface area contributed by atoms with Gasteiger partial charge in [-0.15, -0.1) is 23.4 Å². The maximum Gasteiger partial charge on any atom is 0.413 e. The molecule has 2 atom stereocenters. The van der Waals surface area contributed by atoms with Crippen LogP contribution in [0.1, 0.15) is 52.8 Å². The maximum absolute atomic E-state index is 13.7. The minimum Gasteiger partial charge on any atom is -0.497 e. The molecule has 0 bridgehead atoms. The number of benzene rings is 1. The zero-order valence-electron chi connectivity index (χ0n) is 26.8. The first kappa shape index (κ1) is 36.5. The van der Waals surface area contributed by atoms with Gasteiger partial charge in [0.2, 0.25) is 0 Å². The molecule has 47 heavy (non-hydrogen) atoms. The first-order valence-corrected chi connectivity index (χ1v) is 17.5. The summed E-state index contributed by atoms with van der Waals surface area (Å²) in [5.74, 6) is -0.933. The number of rotatable bonds is 10. The molecule has 0 saturated carbocycles. The Bertz CT molecular complexity index is 1600. The lowest BCUT2D eigenvalue weighted by molar-refractivity contribution is -0.153. The monoisotopic (exact) mass is 771 g/mol. The molecule has 1 aromatic carbocycles. The Hall–Kier alpha value is -3.34. The van der Waals surface area contributed by atoms with E-state index in [1.807, 2.05) is 0 Å². The molecule has 0 spiro atoms. The number of esters is 1. The number of alkyl halides is 1. The molecule has 0 radical (unpaired) electrons. The smallest absolute Gasteiger partial charge is 0.413 e. The predicted molar refractivity (Wildman–Crippen MR) is 183 cm³/mol. The van der Waals surface area contributed by atoms with Crippen LogP contribution in [0.25, 0.3) is 0 Å². The van der Waals surface area contributed by atoms with Crippen LogP contribution in [0.4, 0.5) is 9.93 Å². The summed E-state index contributed by atoms with van der Waals surface area (Å²) in [7, 11) is 1.56. The summed E-state index contributed by atoms with van der Waals surface area (Å²) in [6.45, 7) is 10.4. The van der Waals surface area contributed by atoms with E-state index in [0.717, 1.165) is 16.9 Å². The molecule has 3 amide bonds. The first-order valence-electron chi connectivity index (χ1n) is 14.3. The second-order valence-corrected chi connectivity index (χ2v) is 16.0. The van der Waals surface area contributed by atoms with Gasteiger partial charge in [-0.1, -0.05) is 28.6 Å². The highest BCUT2D eigenvalue weighted by molar-refractivity contribution is 9.11. The Balaban J connectivity index is 1.51. The molecule has 2 aliphatic rings. The second-order valence-electron chi connectivity index (χ2n) is 12.3. The van der Waals surface area contributed by atoms with Gasteiger partial charge in [0.05, 0.1) is 7.11 Å². The number of β-lactam (4-membered cyclic amide) rings is 1. The van der Waals surface area contributed by atoms with Gasteiger partial charge in [0.1, 0.15) is 50.2 Å². The third-order valence-corrected chi connectivity index (χ3v) is 9.54. The highest BCUT2D eigenvalue weighted by Gasteiger charge is 2.54. The number of oxime groups is 1. The lowest BCUT2D eigenvalue weighted by Crippen LogP contribution is -2.71. The van der Waals surface area contributed by atoms with E-state index in [1.54, 1.807) is 72.9 Å². The number of halogens is 2. The Morgan fingerprint density at radius 1 is 1.13 bits per heavy atom. The second kappa shape index (κ2) is 14.8. The van der Waals surface area contributed by atoms with Crippen molar-refractivity contribution in [2.24, 2.45) is 5.16 Å². The molecule has 3 heterocycles. The van der Waals surface area contributed by atoms with Gasteiger partial charge in [0, 0.05) is 11.6 Å². The minimum atomic E-state index is -0.995. The van der Waals surface area contributed by atoms with E-state index in [0.29, 0.717) is 20.9 Å². The fourth-order valence-corrected chi connectivity index (χ4v) is 7.29. The minimum absolute atomic E-state index is 0.0198. The van der Waals surface area contributed by atoms with Gasteiger partial charge >= 0.3 is 12.1 Å². The number of nitrogens with one attached hydrogen (secondary N) is 2. The number of fused-ring (bicyclic) bond motifs is 1. The third kappa shape index (κ3) is 9.18. The van der Waals surface area contributed by atoms with Crippen molar-refractivity contribution in [1.29, 1.82) is 0 Å². The van der Waals surface area contributed by atoms with Crippen molar-refractivity contribution in [3.8, 4) is 5.75 Å². The van der Waals surface area contributed by atoms with E-state index < -0.39 is 46.5 Å². The van der Waals surface area contributed by atoms with Gasteiger partial charge in [-0.3, -0.25) is 19.8 Å². The van der Waals surface area contributed by atoms with Crippen LogP contribution in [-0.4, -0.2) is 80.8 Å². The molecule has 2 N–H and O–H groups in total. The van der Waals surface area contributed by atoms with Crippen molar-refractivity contribution in [2.45, 2.75) is 70.8 Å². The van der Waals surface area contributed by atoms with Crippen LogP contribution in [0.5, 0.6) is 5.75 Å². The summed E-state index contributed by atoms with van der Waals surface area (Å²) in [5.41, 5.74) is -0.311. The van der Waals surface area contributed by atoms with Crippen LogP contribution < -0.4 is 15.4 Å². The largest absolute Gasteiger partial charge is 0.497 e. The summed E-state index contributed by atoms with van der Waals surface area (Å²) >= 11 is 11.9. The van der Waals surface area contributed by atoms with Crippen molar-refractivity contribution in [3.63, 3.8) is 0 Å². The molecule has 17 heteroatoms. The van der Waals surface area contributed by atoms with Crippen molar-refractivity contribution in [2.75, 3.05) is 24.1 Å². The molecule has 13 nitrogen and oxygen atoms in total. The van der Waals surface area contributed by atoms with Gasteiger partial charge in [0.25, 0.3) is 11.8 Å². The maximum atomic E-state index is 13.7. The van der Waals surface area contributed by atoms with E-state index in [2.05, 4.69) is 36.7 Å². The number of carbonyl (C=O) groups excluding carboxylic acids is 4. The number of amides is 3. The zero-order chi connectivity index (χ0) is 34.7. The van der Waals surface area contributed by atoms with Crippen LogP contribution in [-0.2, 0) is 35.3 Å². The molecule has 2 aliphatic heterocycles. The van der Waals surface area contributed by atoms with E-state index in [9.17, 15) is 19.2 Å². The lowest BCUT2D eigenvalue weighted by atomic mass is 10.0. The Morgan fingerprint density at radius 3 is 2.40 bits per heavy atom. The summed E-state index contributed by atoms with van der Waals surface area (Å²) in [4.78, 5) is 64.0. The normalized spacial score (nSPS) is 18.2. The zero-order valence-corrected chi connectivity index (χ0v) is 30.7. The number of thiazole rings is 1. The molecule has 2 aromatic rings. The van der Waals surface area contributed by atoms with Gasteiger partial charge in [0.15, 0.2) is 10.8 Å². The highest BCUT2D eigenvalue weighted by Crippen LogP contribution is 2.41. The Kier molecular flexibility index (Phi) is 11.5. The molecule has 254 valence electrons. The quantitative estimate of drug-likeness (QED) is 0.105. The number of aromatic nitrogens is 1. The summed E-state index contributed by atoms with van der Waals surface area (Å²) in [6, 6.07) is 6.04. The highest BCUT2D eigenvalue weighted by atomic mass is 79.9. The summed E-state index contributed by atoms with van der Waals surface area (Å²) < 4.78 is 16.4. The van der Waals surface area contributed by atoms with Crippen LogP contribution in [0.3, 0.4) is 0 Å². The number of methoxy groups -OCH3 is 1. The molecule has 1 saturated heterocycles. The molecular formula is C30H35BrClN5O8S2. The van der Waals surface area contributed by atoms with Crippen LogP contribution in [0, 0.1) is 0 Å². The van der Waals surface area contributed by atoms with Crippen molar-refractivity contribution >= 4 is 85.3 Å². The van der Waals surface area contributed by atoms with Gasteiger partial charge < -0.3 is 24.4 Å². The fraction of sp³-hybridized carbons (Fsp3) is 0.467. The standard InChI is InChI=1S/C30H35BrClN5O8S2/c1-29(2,3)44-28(41)35-27-34-18(22(31)47-27)19(36-45-30(4,5)6)23(38)33-20-24(39)37-21(16(12-32)14-46-25(20)37)26(40)43-13-15-8-10-17(42-7)11-9-15/h8-11,20,25H,12-14H2,1-7H3,(H,33,38)(H,34,35,41)/b36-19+. The lowest BCUT2D eigenvalue weighted by Gasteiger charge is -2.49. The van der Waals surface area contributed by atoms with Crippen LogP contribution >= 0.6 is 50.6 Å². The van der Waals surface area contributed by atoms with E-state index in [4.69, 9.17) is 30.6 Å². The molecule has 4 rings (SSSR count). The Labute approximate surface area is 293 Å². The summed E-state index contributed by atoms with van der Waals surface area (Å²) in [5, 5.41) is 8.89. The molecule has 1 aromatic heterocycles. The molecule has 0 aliphatic carbocycles. The van der Waals surface area contributed by atoms with Crippen molar-refractivity contribution in [1.82, 2.24) is 15.2 Å². The molecule has 2 unspecified atom stereocenters. The molecular weight excluding hydrogens is 738 g/mol. The van der Waals surface area contributed by atoms with Crippen LogP contribution in [0.2, 0.25) is 0 Å². The van der Waals surface area contributed by atoms with Crippen molar-refractivity contribution in [3.05, 3.63) is 50.6 Å². The predicted octanol–water partition coefficient (Wildman–Crippen LogP) is 5.42. The Morgan fingerprint density at radius 2 is 1.81 bits per heavy atom. The third-order valence-electron chi connectivity index (χ3n) is 6.26. The number of hydrogen-bond donors (Lipinski definition) is 2. The number of thioether (sulfide) groups is 1. The molecule has 1 fully saturated rings.